The number of carboxylic acid groups (broad SMARTS) is 1. The number of nitrogens with zero attached hydrogens (tertiary/aromatic N) is 3. The van der Waals surface area contributed by atoms with E-state index < -0.39 is 17.4 Å². The van der Waals surface area contributed by atoms with Crippen molar-refractivity contribution >= 4 is 23.5 Å². The van der Waals surface area contributed by atoms with Gasteiger partial charge in [-0.2, -0.15) is 0 Å². The molecule has 0 saturated heterocycles. The molecule has 1 heterocycles. The van der Waals surface area contributed by atoms with Crippen molar-refractivity contribution in [2.24, 2.45) is 0 Å². The fraction of sp³-hybridized carbons (Fsp3) is 0.444. The lowest BCUT2D eigenvalue weighted by Crippen LogP contribution is -2.44. The van der Waals surface area contributed by atoms with Crippen molar-refractivity contribution in [2.75, 3.05) is 0 Å². The van der Waals surface area contributed by atoms with E-state index >= 15 is 0 Å². The molecule has 26 heavy (non-hydrogen) atoms. The Kier molecular flexibility index (Phi) is 5.00. The van der Waals surface area contributed by atoms with Crippen LogP contribution in [0.3, 0.4) is 0 Å². The monoisotopic (exact) mass is 376 g/mol. The van der Waals surface area contributed by atoms with Crippen molar-refractivity contribution in [2.45, 2.75) is 51.0 Å². The third-order valence-corrected chi connectivity index (χ3v) is 4.59. The molecule has 7 nitrogen and oxygen atoms in total. The lowest BCUT2D eigenvalue weighted by molar-refractivity contribution is -0.137. The van der Waals surface area contributed by atoms with E-state index in [9.17, 15) is 9.59 Å². The van der Waals surface area contributed by atoms with Crippen molar-refractivity contribution in [1.29, 1.82) is 0 Å². The first-order valence-electron chi connectivity index (χ1n) is 8.53. The van der Waals surface area contributed by atoms with Gasteiger partial charge in [-0.25, -0.2) is 9.67 Å². The zero-order valence-electron chi connectivity index (χ0n) is 14.7. The summed E-state index contributed by atoms with van der Waals surface area (Å²) in [6, 6.07) is 7.29. The predicted octanol–water partition coefficient (Wildman–Crippen LogP) is 3.17. The number of amides is 1. The summed E-state index contributed by atoms with van der Waals surface area (Å²) in [7, 11) is 0. The van der Waals surface area contributed by atoms with E-state index in [4.69, 9.17) is 16.7 Å². The van der Waals surface area contributed by atoms with Crippen LogP contribution in [0.2, 0.25) is 5.02 Å². The molecule has 2 aromatic rings. The molecule has 0 spiro atoms. The fourth-order valence-electron chi connectivity index (χ4n) is 2.67. The first-order chi connectivity index (χ1) is 12.3. The van der Waals surface area contributed by atoms with Crippen LogP contribution in [-0.2, 0) is 4.79 Å². The minimum Gasteiger partial charge on any atom is -0.481 e. The highest BCUT2D eigenvalue weighted by atomic mass is 35.5. The van der Waals surface area contributed by atoms with Gasteiger partial charge in [0.25, 0.3) is 5.91 Å². The lowest BCUT2D eigenvalue weighted by Gasteiger charge is -2.24. The quantitative estimate of drug-likeness (QED) is 0.773. The Balaban J connectivity index is 1.85. The molecule has 1 amide bonds. The van der Waals surface area contributed by atoms with Gasteiger partial charge in [-0.05, 0) is 45.2 Å². The Labute approximate surface area is 156 Å². The fourth-order valence-corrected chi connectivity index (χ4v) is 2.89. The average molecular weight is 377 g/mol. The molecular formula is C18H21ClN4O3. The highest BCUT2D eigenvalue weighted by Crippen LogP contribution is 2.40. The summed E-state index contributed by atoms with van der Waals surface area (Å²) in [5.41, 5.74) is 0.0122. The van der Waals surface area contributed by atoms with Gasteiger partial charge in [-0.15, -0.1) is 5.10 Å². The van der Waals surface area contributed by atoms with Crippen LogP contribution in [0.5, 0.6) is 0 Å². The zero-order chi connectivity index (χ0) is 18.9. The van der Waals surface area contributed by atoms with E-state index in [1.807, 2.05) is 18.2 Å². The summed E-state index contributed by atoms with van der Waals surface area (Å²) < 4.78 is 1.64. The maximum atomic E-state index is 12.6. The molecule has 1 aromatic carbocycles. The Bertz CT molecular complexity index is 843. The molecule has 3 rings (SSSR count). The highest BCUT2D eigenvalue weighted by molar-refractivity contribution is 6.32. The summed E-state index contributed by atoms with van der Waals surface area (Å²) in [5, 5.41) is 16.6. The molecule has 8 heteroatoms. The Morgan fingerprint density at radius 1 is 1.35 bits per heavy atom. The van der Waals surface area contributed by atoms with Gasteiger partial charge in [0.2, 0.25) is 5.82 Å². The molecule has 0 aliphatic heterocycles. The summed E-state index contributed by atoms with van der Waals surface area (Å²) in [5.74, 6) is -0.250. The minimum absolute atomic E-state index is 0.0257. The number of carbonyl (C=O) groups excluding carboxylic acids is 1. The molecule has 1 aliphatic rings. The third-order valence-electron chi connectivity index (χ3n) is 4.27. The van der Waals surface area contributed by atoms with Gasteiger partial charge >= 0.3 is 5.97 Å². The number of rotatable bonds is 7. The smallest absolute Gasteiger partial charge is 0.303 e. The molecule has 0 radical (unpaired) electrons. The molecular weight excluding hydrogens is 356 g/mol. The number of aromatic nitrogens is 3. The number of nitrogens with one attached hydrogen (secondary N) is 1. The molecule has 0 atom stereocenters. The van der Waals surface area contributed by atoms with Gasteiger partial charge < -0.3 is 10.4 Å². The first kappa shape index (κ1) is 18.4. The zero-order valence-corrected chi connectivity index (χ0v) is 15.5. The molecule has 1 aliphatic carbocycles. The first-order valence-corrected chi connectivity index (χ1v) is 8.91. The molecule has 2 N–H and O–H groups in total. The van der Waals surface area contributed by atoms with Gasteiger partial charge in [0.05, 0.1) is 10.7 Å². The number of carbonyl (C=O) groups is 2. The molecule has 0 bridgehead atoms. The van der Waals surface area contributed by atoms with Crippen molar-refractivity contribution in [3.63, 3.8) is 0 Å². The maximum absolute atomic E-state index is 12.6. The molecule has 1 fully saturated rings. The topological polar surface area (TPSA) is 97.1 Å². The van der Waals surface area contributed by atoms with Gasteiger partial charge in [-0.3, -0.25) is 9.59 Å². The average Bonchev–Trinajstić information content (AvgIpc) is 3.32. The van der Waals surface area contributed by atoms with Gasteiger partial charge in [0.15, 0.2) is 0 Å². The summed E-state index contributed by atoms with van der Waals surface area (Å²) in [4.78, 5) is 27.8. The number of hydrogen-bond donors (Lipinski definition) is 2. The second kappa shape index (κ2) is 7.07. The van der Waals surface area contributed by atoms with Gasteiger partial charge in [-0.1, -0.05) is 23.7 Å². The van der Waals surface area contributed by atoms with E-state index in [-0.39, 0.29) is 18.2 Å². The number of carboxylic acids is 1. The maximum Gasteiger partial charge on any atom is 0.303 e. The van der Waals surface area contributed by atoms with Gasteiger partial charge in [0, 0.05) is 17.9 Å². The summed E-state index contributed by atoms with van der Waals surface area (Å²) >= 11 is 6.28. The SMILES string of the molecule is CC(C)(CCC(=O)O)NC(=O)c1nc(C2CC2)n(-c2ccccc2Cl)n1. The highest BCUT2D eigenvalue weighted by Gasteiger charge is 2.33. The Hall–Kier alpha value is -2.41. The van der Waals surface area contributed by atoms with Crippen LogP contribution in [0.15, 0.2) is 24.3 Å². The predicted molar refractivity (Wildman–Crippen MR) is 96.8 cm³/mol. The standard InChI is InChI=1S/C18H21ClN4O3/c1-18(2,10-9-14(24)25)21-17(26)15-20-16(11-7-8-11)23(22-15)13-6-4-3-5-12(13)19/h3-6,11H,7-10H2,1-2H3,(H,21,26)(H,24,25). The second-order valence-corrected chi connectivity index (χ2v) is 7.57. The molecule has 138 valence electrons. The second-order valence-electron chi connectivity index (χ2n) is 7.16. The molecule has 1 saturated carbocycles. The van der Waals surface area contributed by atoms with E-state index in [2.05, 4.69) is 15.4 Å². The van der Waals surface area contributed by atoms with Crippen LogP contribution in [0.4, 0.5) is 0 Å². The number of hydrogen-bond acceptors (Lipinski definition) is 4. The van der Waals surface area contributed by atoms with Crippen LogP contribution in [0.1, 0.15) is 61.9 Å². The van der Waals surface area contributed by atoms with Crippen molar-refractivity contribution < 1.29 is 14.7 Å². The Morgan fingerprint density at radius 3 is 2.65 bits per heavy atom. The third kappa shape index (κ3) is 4.22. The van der Waals surface area contributed by atoms with E-state index in [0.717, 1.165) is 18.7 Å². The Morgan fingerprint density at radius 2 is 2.04 bits per heavy atom. The summed E-state index contributed by atoms with van der Waals surface area (Å²) in [6.45, 7) is 3.56. The number of aliphatic carboxylic acids is 1. The van der Waals surface area contributed by atoms with Crippen molar-refractivity contribution in [3.05, 3.63) is 40.9 Å². The van der Waals surface area contributed by atoms with Crippen LogP contribution < -0.4 is 5.32 Å². The number of benzene rings is 1. The van der Waals surface area contributed by atoms with Crippen molar-refractivity contribution in [3.8, 4) is 5.69 Å². The molecule has 0 unspecified atom stereocenters. The summed E-state index contributed by atoms with van der Waals surface area (Å²) in [6.07, 6.45) is 2.31. The lowest BCUT2D eigenvalue weighted by atomic mass is 9.98. The normalized spacial score (nSPS) is 14.3. The van der Waals surface area contributed by atoms with E-state index in [0.29, 0.717) is 17.1 Å². The van der Waals surface area contributed by atoms with Crippen LogP contribution in [-0.4, -0.2) is 37.3 Å². The number of halogens is 1. The number of para-hydroxylation sites is 1. The van der Waals surface area contributed by atoms with Gasteiger partial charge in [0.1, 0.15) is 5.82 Å². The largest absolute Gasteiger partial charge is 0.481 e. The van der Waals surface area contributed by atoms with Crippen molar-refractivity contribution in [1.82, 2.24) is 20.1 Å². The van der Waals surface area contributed by atoms with Crippen LogP contribution in [0, 0.1) is 0 Å². The van der Waals surface area contributed by atoms with E-state index in [1.54, 1.807) is 24.6 Å². The van der Waals surface area contributed by atoms with Crippen LogP contribution in [0.25, 0.3) is 5.69 Å². The van der Waals surface area contributed by atoms with Crippen LogP contribution >= 0.6 is 11.6 Å². The molecule has 1 aromatic heterocycles. The minimum atomic E-state index is -0.899. The van der Waals surface area contributed by atoms with E-state index in [1.165, 1.54) is 0 Å².